The molecule has 0 spiro atoms. The van der Waals surface area contributed by atoms with Gasteiger partial charge in [0.25, 0.3) is 0 Å². The Kier molecular flexibility index (Phi) is 2.43. The Balaban J connectivity index is 2.46. The summed E-state index contributed by atoms with van der Waals surface area (Å²) in [5.41, 5.74) is 4.25. The van der Waals surface area contributed by atoms with E-state index in [2.05, 4.69) is 66.1 Å². The van der Waals surface area contributed by atoms with E-state index >= 15 is 0 Å². The minimum Gasteiger partial charge on any atom is -0.138 e. The average molecular weight is 232 g/mol. The molecule has 0 N–H and O–H groups in total. The molecular formula is C16H12Si. The maximum Gasteiger partial charge on any atom is 0.0911 e. The van der Waals surface area contributed by atoms with Gasteiger partial charge in [0.2, 0.25) is 0 Å². The maximum absolute atomic E-state index is 3.23. The van der Waals surface area contributed by atoms with E-state index < -0.39 is 0 Å². The summed E-state index contributed by atoms with van der Waals surface area (Å²) in [4.78, 5) is 0. The molecule has 80 valence electrons. The van der Waals surface area contributed by atoms with Crippen LogP contribution in [0, 0.1) is 11.5 Å². The molecule has 0 fully saturated rings. The van der Waals surface area contributed by atoms with Crippen molar-refractivity contribution in [3.05, 3.63) is 60.2 Å². The van der Waals surface area contributed by atoms with Gasteiger partial charge in [-0.2, -0.15) is 0 Å². The van der Waals surface area contributed by atoms with Gasteiger partial charge in [-0.3, -0.25) is 0 Å². The van der Waals surface area contributed by atoms with Crippen LogP contribution in [0.4, 0.5) is 0 Å². The summed E-state index contributed by atoms with van der Waals surface area (Å²) in [6, 6.07) is 19.3. The van der Waals surface area contributed by atoms with E-state index in [0.29, 0.717) is 0 Å². The SMILES string of the molecule is [SiH3]C#Cc1cccc2cc3ccccc3cc12. The molecule has 0 aromatic heterocycles. The highest BCUT2D eigenvalue weighted by Gasteiger charge is 2.00. The van der Waals surface area contributed by atoms with Crippen LogP contribution in [0.15, 0.2) is 54.6 Å². The third-order valence-corrected chi connectivity index (χ3v) is 3.26. The van der Waals surface area contributed by atoms with Crippen molar-refractivity contribution < 1.29 is 0 Å². The largest absolute Gasteiger partial charge is 0.138 e. The van der Waals surface area contributed by atoms with Crippen LogP contribution < -0.4 is 0 Å². The van der Waals surface area contributed by atoms with Crippen LogP contribution in [0.25, 0.3) is 21.5 Å². The zero-order valence-electron chi connectivity index (χ0n) is 9.70. The second-order valence-corrected chi connectivity index (χ2v) is 4.60. The lowest BCUT2D eigenvalue weighted by Gasteiger charge is -2.04. The van der Waals surface area contributed by atoms with Crippen molar-refractivity contribution >= 4 is 31.8 Å². The molecule has 1 heteroatoms. The monoisotopic (exact) mass is 232 g/mol. The van der Waals surface area contributed by atoms with Gasteiger partial charge in [0.05, 0.1) is 10.2 Å². The van der Waals surface area contributed by atoms with Crippen LogP contribution in [0.1, 0.15) is 5.56 Å². The second kappa shape index (κ2) is 4.08. The fourth-order valence-electron chi connectivity index (χ4n) is 2.21. The third-order valence-electron chi connectivity index (χ3n) is 3.01. The summed E-state index contributed by atoms with van der Waals surface area (Å²) >= 11 is 0. The molecule has 0 atom stereocenters. The van der Waals surface area contributed by atoms with Crippen molar-refractivity contribution in [1.82, 2.24) is 0 Å². The third kappa shape index (κ3) is 1.73. The van der Waals surface area contributed by atoms with E-state index in [9.17, 15) is 0 Å². The van der Waals surface area contributed by atoms with E-state index in [1.54, 1.807) is 0 Å². The Morgan fingerprint density at radius 1 is 0.765 bits per heavy atom. The number of rotatable bonds is 0. The van der Waals surface area contributed by atoms with Gasteiger partial charge in [-0.15, -0.1) is 5.54 Å². The summed E-state index contributed by atoms with van der Waals surface area (Å²) in [5.74, 6) is 3.23. The molecule has 3 aromatic carbocycles. The molecule has 0 aliphatic carbocycles. The molecule has 3 rings (SSSR count). The predicted molar refractivity (Wildman–Crippen MR) is 78.3 cm³/mol. The van der Waals surface area contributed by atoms with Crippen molar-refractivity contribution in [3.63, 3.8) is 0 Å². The van der Waals surface area contributed by atoms with E-state index in [4.69, 9.17) is 0 Å². The van der Waals surface area contributed by atoms with E-state index in [0.717, 1.165) is 15.8 Å². The fraction of sp³-hybridized carbons (Fsp3) is 0. The Labute approximate surface area is 104 Å². The van der Waals surface area contributed by atoms with Gasteiger partial charge in [-0.25, -0.2) is 0 Å². The predicted octanol–water partition coefficient (Wildman–Crippen LogP) is 2.67. The second-order valence-electron chi connectivity index (χ2n) is 4.10. The molecule has 0 aliphatic rings. The molecule has 0 aliphatic heterocycles. The lowest BCUT2D eigenvalue weighted by atomic mass is 10.0. The quantitative estimate of drug-likeness (QED) is 0.317. The van der Waals surface area contributed by atoms with Gasteiger partial charge in [0.1, 0.15) is 0 Å². The molecule has 0 bridgehead atoms. The van der Waals surface area contributed by atoms with Crippen molar-refractivity contribution in [1.29, 1.82) is 0 Å². The van der Waals surface area contributed by atoms with Gasteiger partial charge in [0, 0.05) is 5.56 Å². The number of hydrogen-bond donors (Lipinski definition) is 0. The van der Waals surface area contributed by atoms with Crippen LogP contribution in [0.5, 0.6) is 0 Å². The smallest absolute Gasteiger partial charge is 0.0911 e. The highest BCUT2D eigenvalue weighted by Crippen LogP contribution is 2.24. The van der Waals surface area contributed by atoms with Crippen molar-refractivity contribution in [2.24, 2.45) is 0 Å². The Morgan fingerprint density at radius 3 is 2.24 bits per heavy atom. The maximum atomic E-state index is 3.23. The van der Waals surface area contributed by atoms with Crippen LogP contribution in [0.2, 0.25) is 0 Å². The fourth-order valence-corrected chi connectivity index (χ4v) is 2.48. The van der Waals surface area contributed by atoms with Gasteiger partial charge in [0.15, 0.2) is 0 Å². The molecule has 0 heterocycles. The highest BCUT2D eigenvalue weighted by molar-refractivity contribution is 6.22. The molecule has 0 amide bonds. The average Bonchev–Trinajstić information content (AvgIpc) is 2.37. The highest BCUT2D eigenvalue weighted by atomic mass is 28.1. The first-order chi connectivity index (χ1) is 8.38. The Hall–Kier alpha value is -2.04. The normalized spacial score (nSPS) is 10.4. The van der Waals surface area contributed by atoms with Crippen LogP contribution in [0.3, 0.4) is 0 Å². The topological polar surface area (TPSA) is 0 Å². The number of hydrogen-bond acceptors (Lipinski definition) is 0. The van der Waals surface area contributed by atoms with E-state index in [-0.39, 0.29) is 0 Å². The molecule has 17 heavy (non-hydrogen) atoms. The van der Waals surface area contributed by atoms with Gasteiger partial charge in [-0.1, -0.05) is 42.3 Å². The van der Waals surface area contributed by atoms with Crippen LogP contribution >= 0.6 is 0 Å². The van der Waals surface area contributed by atoms with Crippen molar-refractivity contribution in [2.75, 3.05) is 0 Å². The Morgan fingerprint density at radius 2 is 1.47 bits per heavy atom. The zero-order valence-corrected chi connectivity index (χ0v) is 11.7. The molecule has 0 radical (unpaired) electrons. The summed E-state index contributed by atoms with van der Waals surface area (Å²) in [5, 5.41) is 5.10. The summed E-state index contributed by atoms with van der Waals surface area (Å²) in [6.07, 6.45) is 0. The lowest BCUT2D eigenvalue weighted by Crippen LogP contribution is -1.81. The molecule has 0 saturated heterocycles. The molecule has 3 aromatic rings. The lowest BCUT2D eigenvalue weighted by molar-refractivity contribution is 1.72. The van der Waals surface area contributed by atoms with Crippen molar-refractivity contribution in [3.8, 4) is 11.5 Å². The van der Waals surface area contributed by atoms with Gasteiger partial charge in [-0.05, 0) is 39.7 Å². The first kappa shape index (κ1) is 10.1. The van der Waals surface area contributed by atoms with Crippen molar-refractivity contribution in [2.45, 2.75) is 0 Å². The standard InChI is InChI=1S/C16H12Si/c17-9-8-12-6-3-7-15-10-13-4-1-2-5-14(13)11-16(12)15/h1-7,10-11H,17H3. The Bertz CT molecular complexity index is 760. The number of benzene rings is 3. The van der Waals surface area contributed by atoms with Crippen LogP contribution in [-0.4, -0.2) is 10.2 Å². The molecule has 0 nitrogen and oxygen atoms in total. The van der Waals surface area contributed by atoms with Gasteiger partial charge >= 0.3 is 0 Å². The summed E-state index contributed by atoms with van der Waals surface area (Å²) in [7, 11) is 0.923. The van der Waals surface area contributed by atoms with E-state index in [1.165, 1.54) is 21.5 Å². The number of fused-ring (bicyclic) bond motifs is 2. The summed E-state index contributed by atoms with van der Waals surface area (Å²) < 4.78 is 0. The minimum absolute atomic E-state index is 0.923. The molecule has 0 saturated carbocycles. The zero-order chi connectivity index (χ0) is 11.7. The van der Waals surface area contributed by atoms with Gasteiger partial charge < -0.3 is 0 Å². The molecule has 0 unspecified atom stereocenters. The molecular weight excluding hydrogens is 220 g/mol. The minimum atomic E-state index is 0.923. The first-order valence-corrected chi connectivity index (χ1v) is 6.73. The summed E-state index contributed by atoms with van der Waals surface area (Å²) in [6.45, 7) is 0. The van der Waals surface area contributed by atoms with Crippen LogP contribution in [-0.2, 0) is 0 Å². The van der Waals surface area contributed by atoms with E-state index in [1.807, 2.05) is 0 Å². The first-order valence-electron chi connectivity index (χ1n) is 5.73.